The standard InChI is InChI=1S/C19H23ClN4O2S/c1-2-11-24(18(26)14-4-3-5-14)12-10-16(25)21-19-23-22-17(27-19)13-6-8-15(20)9-7-13/h6-9,14H,2-5,10-12H2,1H3,(H,21,23,25). The molecule has 1 fully saturated rings. The van der Waals surface area contributed by atoms with Crippen molar-refractivity contribution in [2.45, 2.75) is 39.0 Å². The normalized spacial score (nSPS) is 13.9. The van der Waals surface area contributed by atoms with Gasteiger partial charge in [-0.15, -0.1) is 10.2 Å². The van der Waals surface area contributed by atoms with Crippen LogP contribution in [0.4, 0.5) is 5.13 Å². The highest BCUT2D eigenvalue weighted by atomic mass is 35.5. The van der Waals surface area contributed by atoms with E-state index < -0.39 is 0 Å². The minimum atomic E-state index is -0.156. The fraction of sp³-hybridized carbons (Fsp3) is 0.474. The lowest BCUT2D eigenvalue weighted by Crippen LogP contribution is -2.40. The molecule has 0 unspecified atom stereocenters. The number of nitrogens with one attached hydrogen (secondary N) is 1. The van der Waals surface area contributed by atoms with Crippen LogP contribution < -0.4 is 5.32 Å². The number of aromatic nitrogens is 2. The van der Waals surface area contributed by atoms with Crippen molar-refractivity contribution in [3.63, 3.8) is 0 Å². The number of hydrogen-bond donors (Lipinski definition) is 1. The van der Waals surface area contributed by atoms with Gasteiger partial charge in [-0.25, -0.2) is 0 Å². The molecule has 1 aliphatic rings. The molecule has 1 aliphatic carbocycles. The molecule has 1 N–H and O–H groups in total. The Labute approximate surface area is 167 Å². The Kier molecular flexibility index (Phi) is 6.79. The minimum Gasteiger partial charge on any atom is -0.342 e. The van der Waals surface area contributed by atoms with Crippen LogP contribution in [0.2, 0.25) is 5.02 Å². The van der Waals surface area contributed by atoms with Crippen molar-refractivity contribution in [1.29, 1.82) is 0 Å². The summed E-state index contributed by atoms with van der Waals surface area (Å²) >= 11 is 7.20. The van der Waals surface area contributed by atoms with Gasteiger partial charge in [-0.3, -0.25) is 9.59 Å². The number of carbonyl (C=O) groups excluding carboxylic acids is 2. The highest BCUT2D eigenvalue weighted by Gasteiger charge is 2.29. The Morgan fingerprint density at radius 2 is 1.96 bits per heavy atom. The summed E-state index contributed by atoms with van der Waals surface area (Å²) in [6, 6.07) is 7.31. The van der Waals surface area contributed by atoms with Crippen LogP contribution in [0, 0.1) is 5.92 Å². The lowest BCUT2D eigenvalue weighted by atomic mass is 9.84. The van der Waals surface area contributed by atoms with Crippen LogP contribution in [-0.2, 0) is 9.59 Å². The Morgan fingerprint density at radius 1 is 1.22 bits per heavy atom. The van der Waals surface area contributed by atoms with Crippen LogP contribution in [0.1, 0.15) is 39.0 Å². The molecule has 0 radical (unpaired) electrons. The summed E-state index contributed by atoms with van der Waals surface area (Å²) in [6.45, 7) is 3.18. The molecule has 3 rings (SSSR count). The highest BCUT2D eigenvalue weighted by Crippen LogP contribution is 2.29. The molecule has 2 amide bonds. The third-order valence-corrected chi connectivity index (χ3v) is 5.77. The molecule has 2 aromatic rings. The summed E-state index contributed by atoms with van der Waals surface area (Å²) in [5.41, 5.74) is 0.901. The number of halogens is 1. The maximum absolute atomic E-state index is 12.4. The summed E-state index contributed by atoms with van der Waals surface area (Å²) in [7, 11) is 0. The van der Waals surface area contributed by atoms with Gasteiger partial charge in [0.2, 0.25) is 16.9 Å². The zero-order chi connectivity index (χ0) is 19.2. The largest absolute Gasteiger partial charge is 0.342 e. The molecule has 0 atom stereocenters. The number of rotatable bonds is 8. The lowest BCUT2D eigenvalue weighted by Gasteiger charge is -2.31. The third kappa shape index (κ3) is 5.26. The predicted octanol–water partition coefficient (Wildman–Crippen LogP) is 4.23. The van der Waals surface area contributed by atoms with E-state index in [0.29, 0.717) is 23.2 Å². The van der Waals surface area contributed by atoms with Crippen molar-refractivity contribution in [2.24, 2.45) is 5.92 Å². The number of nitrogens with zero attached hydrogens (tertiary/aromatic N) is 3. The summed E-state index contributed by atoms with van der Waals surface area (Å²) in [5, 5.41) is 12.7. The van der Waals surface area contributed by atoms with Crippen molar-refractivity contribution < 1.29 is 9.59 Å². The molecule has 1 aromatic heterocycles. The summed E-state index contributed by atoms with van der Waals surface area (Å²) in [5.74, 6) is 0.192. The van der Waals surface area contributed by atoms with Gasteiger partial charge in [-0.1, -0.05) is 48.4 Å². The number of amides is 2. The Balaban J connectivity index is 1.52. The highest BCUT2D eigenvalue weighted by molar-refractivity contribution is 7.18. The molecule has 0 bridgehead atoms. The Bertz CT molecular complexity index is 789. The van der Waals surface area contributed by atoms with Crippen LogP contribution in [0.15, 0.2) is 24.3 Å². The smallest absolute Gasteiger partial charge is 0.227 e. The molecule has 1 saturated carbocycles. The van der Waals surface area contributed by atoms with E-state index in [-0.39, 0.29) is 24.2 Å². The molecular formula is C19H23ClN4O2S. The number of benzene rings is 1. The monoisotopic (exact) mass is 406 g/mol. The predicted molar refractivity (Wildman–Crippen MR) is 108 cm³/mol. The average Bonchev–Trinajstić information content (AvgIpc) is 3.06. The zero-order valence-corrected chi connectivity index (χ0v) is 16.9. The number of carbonyl (C=O) groups is 2. The van der Waals surface area contributed by atoms with Gasteiger partial charge in [0.15, 0.2) is 0 Å². The summed E-state index contributed by atoms with van der Waals surface area (Å²) in [6.07, 6.45) is 4.23. The molecule has 8 heteroatoms. The van der Waals surface area contributed by atoms with Crippen molar-refractivity contribution in [3.8, 4) is 10.6 Å². The first-order chi connectivity index (χ1) is 13.1. The van der Waals surface area contributed by atoms with E-state index in [1.54, 1.807) is 12.1 Å². The van der Waals surface area contributed by atoms with Gasteiger partial charge in [-0.05, 0) is 31.4 Å². The fourth-order valence-corrected chi connectivity index (χ4v) is 3.81. The maximum atomic E-state index is 12.4. The van der Waals surface area contributed by atoms with Crippen LogP contribution >= 0.6 is 22.9 Å². The van der Waals surface area contributed by atoms with Crippen LogP contribution in [0.25, 0.3) is 10.6 Å². The van der Waals surface area contributed by atoms with Crippen molar-refractivity contribution in [2.75, 3.05) is 18.4 Å². The van der Waals surface area contributed by atoms with Gasteiger partial charge in [0.1, 0.15) is 5.01 Å². The second-order valence-corrected chi connectivity index (χ2v) is 8.08. The maximum Gasteiger partial charge on any atom is 0.227 e. The van der Waals surface area contributed by atoms with Gasteiger partial charge in [-0.2, -0.15) is 0 Å². The Hall–Kier alpha value is -1.99. The van der Waals surface area contributed by atoms with Crippen LogP contribution in [0.3, 0.4) is 0 Å². The van der Waals surface area contributed by atoms with Gasteiger partial charge < -0.3 is 10.2 Å². The second kappa shape index (κ2) is 9.28. The SMILES string of the molecule is CCCN(CCC(=O)Nc1nnc(-c2ccc(Cl)cc2)s1)C(=O)C1CCC1. The topological polar surface area (TPSA) is 75.2 Å². The molecule has 0 saturated heterocycles. The van der Waals surface area contributed by atoms with Gasteiger partial charge in [0.25, 0.3) is 0 Å². The quantitative estimate of drug-likeness (QED) is 0.711. The lowest BCUT2D eigenvalue weighted by molar-refractivity contribution is -0.138. The molecule has 144 valence electrons. The van der Waals surface area contributed by atoms with E-state index in [0.717, 1.165) is 36.3 Å². The van der Waals surface area contributed by atoms with Crippen molar-refractivity contribution >= 4 is 39.9 Å². The molecule has 0 spiro atoms. The first-order valence-corrected chi connectivity index (χ1v) is 10.4. The van der Waals surface area contributed by atoms with Crippen LogP contribution in [-0.4, -0.2) is 40.0 Å². The fourth-order valence-electron chi connectivity index (χ4n) is 2.92. The summed E-state index contributed by atoms with van der Waals surface area (Å²) in [4.78, 5) is 26.5. The van der Waals surface area contributed by atoms with E-state index in [2.05, 4.69) is 15.5 Å². The molecule has 27 heavy (non-hydrogen) atoms. The zero-order valence-electron chi connectivity index (χ0n) is 15.3. The Morgan fingerprint density at radius 3 is 2.59 bits per heavy atom. The molecular weight excluding hydrogens is 384 g/mol. The number of anilines is 1. The van der Waals surface area contributed by atoms with Crippen molar-refractivity contribution in [3.05, 3.63) is 29.3 Å². The van der Waals surface area contributed by atoms with E-state index in [9.17, 15) is 9.59 Å². The summed E-state index contributed by atoms with van der Waals surface area (Å²) < 4.78 is 0. The first kappa shape index (κ1) is 19.8. The van der Waals surface area contributed by atoms with Crippen molar-refractivity contribution in [1.82, 2.24) is 15.1 Å². The van der Waals surface area contributed by atoms with Gasteiger partial charge in [0.05, 0.1) is 0 Å². The van der Waals surface area contributed by atoms with E-state index >= 15 is 0 Å². The third-order valence-electron chi connectivity index (χ3n) is 4.63. The van der Waals surface area contributed by atoms with Crippen LogP contribution in [0.5, 0.6) is 0 Å². The van der Waals surface area contributed by atoms with E-state index in [4.69, 9.17) is 11.6 Å². The molecule has 0 aliphatic heterocycles. The molecule has 1 heterocycles. The van der Waals surface area contributed by atoms with E-state index in [1.165, 1.54) is 11.3 Å². The van der Waals surface area contributed by atoms with Gasteiger partial charge >= 0.3 is 0 Å². The average molecular weight is 407 g/mol. The second-order valence-electron chi connectivity index (χ2n) is 6.67. The van der Waals surface area contributed by atoms with E-state index in [1.807, 2.05) is 24.0 Å². The minimum absolute atomic E-state index is 0.156. The molecule has 1 aromatic carbocycles. The number of hydrogen-bond acceptors (Lipinski definition) is 5. The first-order valence-electron chi connectivity index (χ1n) is 9.25. The molecule has 6 nitrogen and oxygen atoms in total. The van der Waals surface area contributed by atoms with Gasteiger partial charge in [0, 0.05) is 36.0 Å².